The van der Waals surface area contributed by atoms with Crippen LogP contribution in [0.15, 0.2) is 42.9 Å². The number of hydrogen-bond acceptors (Lipinski definition) is 4. The maximum atomic E-state index is 12.6. The quantitative estimate of drug-likeness (QED) is 0.784. The minimum atomic E-state index is 0.00577. The Labute approximate surface area is 152 Å². The normalized spacial score (nSPS) is 17.4. The first-order valence-corrected chi connectivity index (χ1v) is 9.04. The first-order chi connectivity index (χ1) is 12.8. The van der Waals surface area contributed by atoms with Crippen LogP contribution in [0.4, 0.5) is 0 Å². The molecule has 7 heteroatoms. The van der Waals surface area contributed by atoms with Gasteiger partial charge in [0.05, 0.1) is 0 Å². The second-order valence-electron chi connectivity index (χ2n) is 6.55. The summed E-state index contributed by atoms with van der Waals surface area (Å²) in [5.41, 5.74) is 1.57. The van der Waals surface area contributed by atoms with E-state index in [9.17, 15) is 4.79 Å². The number of imidazole rings is 1. The van der Waals surface area contributed by atoms with E-state index in [2.05, 4.69) is 28.2 Å². The molecule has 1 saturated heterocycles. The molecule has 1 N–H and O–H groups in total. The molecule has 0 spiro atoms. The fourth-order valence-corrected chi connectivity index (χ4v) is 3.55. The van der Waals surface area contributed by atoms with Crippen LogP contribution in [0.5, 0.6) is 0 Å². The summed E-state index contributed by atoms with van der Waals surface area (Å²) in [5.74, 6) is 2.12. The van der Waals surface area contributed by atoms with E-state index in [0.29, 0.717) is 12.2 Å². The number of nitrogens with zero attached hydrogens (tertiary/aromatic N) is 5. The lowest BCUT2D eigenvalue weighted by molar-refractivity contribution is 0.0700. The van der Waals surface area contributed by atoms with Gasteiger partial charge in [-0.15, -0.1) is 0 Å². The molecule has 1 atom stereocenters. The van der Waals surface area contributed by atoms with Crippen LogP contribution < -0.4 is 0 Å². The Morgan fingerprint density at radius 2 is 2.23 bits per heavy atom. The molecule has 134 valence electrons. The molecule has 0 radical (unpaired) electrons. The molecule has 0 bridgehead atoms. The van der Waals surface area contributed by atoms with Crippen molar-refractivity contribution in [1.29, 1.82) is 0 Å². The highest BCUT2D eigenvalue weighted by Crippen LogP contribution is 2.27. The van der Waals surface area contributed by atoms with Gasteiger partial charge in [0.15, 0.2) is 0 Å². The van der Waals surface area contributed by atoms with Crippen LogP contribution >= 0.6 is 0 Å². The summed E-state index contributed by atoms with van der Waals surface area (Å²) in [7, 11) is 0. The molecule has 0 aliphatic carbocycles. The van der Waals surface area contributed by atoms with Crippen molar-refractivity contribution in [2.45, 2.75) is 32.1 Å². The Hall–Kier alpha value is -2.96. The van der Waals surface area contributed by atoms with Gasteiger partial charge in [-0.05, 0) is 31.0 Å². The number of aromatic nitrogens is 5. The number of H-pyrrole nitrogens is 1. The largest absolute Gasteiger partial charge is 0.337 e. The van der Waals surface area contributed by atoms with Gasteiger partial charge in [0.2, 0.25) is 0 Å². The van der Waals surface area contributed by atoms with Crippen molar-refractivity contribution in [3.05, 3.63) is 60.1 Å². The zero-order valence-corrected chi connectivity index (χ0v) is 14.8. The molecular formula is C19H22N6O. The topological polar surface area (TPSA) is 79.7 Å². The summed E-state index contributed by atoms with van der Waals surface area (Å²) in [5, 5.41) is 6.64. The number of piperidine rings is 1. The van der Waals surface area contributed by atoms with Crippen molar-refractivity contribution in [2.75, 3.05) is 13.1 Å². The minimum Gasteiger partial charge on any atom is -0.337 e. The van der Waals surface area contributed by atoms with E-state index in [1.165, 1.54) is 0 Å². The van der Waals surface area contributed by atoms with Gasteiger partial charge in [-0.25, -0.2) is 9.97 Å². The first-order valence-electron chi connectivity index (χ1n) is 9.04. The van der Waals surface area contributed by atoms with Crippen LogP contribution in [0.3, 0.4) is 0 Å². The average molecular weight is 350 g/mol. The van der Waals surface area contributed by atoms with Gasteiger partial charge in [-0.2, -0.15) is 5.10 Å². The number of likely N-dealkylation sites (tertiary alicyclic amines) is 1. The predicted octanol–water partition coefficient (Wildman–Crippen LogP) is 2.57. The number of rotatable bonds is 4. The number of aryl methyl sites for hydroxylation is 1. The number of carbonyl (C=O) groups is 1. The van der Waals surface area contributed by atoms with Crippen LogP contribution in [-0.4, -0.2) is 48.6 Å². The number of nitrogens with one attached hydrogen (secondary N) is 1. The van der Waals surface area contributed by atoms with E-state index in [1.54, 1.807) is 18.5 Å². The number of pyridine rings is 1. The summed E-state index contributed by atoms with van der Waals surface area (Å²) in [4.78, 5) is 23.7. The van der Waals surface area contributed by atoms with Gasteiger partial charge in [-0.1, -0.05) is 13.0 Å². The summed E-state index contributed by atoms with van der Waals surface area (Å²) < 4.78 is 2.03. The summed E-state index contributed by atoms with van der Waals surface area (Å²) in [6.45, 7) is 3.54. The highest BCUT2D eigenvalue weighted by molar-refractivity contribution is 5.92. The maximum absolute atomic E-state index is 12.6. The van der Waals surface area contributed by atoms with Crippen molar-refractivity contribution in [3.63, 3.8) is 0 Å². The van der Waals surface area contributed by atoms with Crippen LogP contribution in [0.1, 0.15) is 47.7 Å². The SMILES string of the molecule is CCc1nccn1-c1cccc([C@@H]2CCCN(C(=O)c3ccn[nH]3)C2)n1. The summed E-state index contributed by atoms with van der Waals surface area (Å²) in [6, 6.07) is 7.81. The fourth-order valence-electron chi connectivity index (χ4n) is 3.55. The Morgan fingerprint density at radius 1 is 1.31 bits per heavy atom. The molecule has 4 rings (SSSR count). The van der Waals surface area contributed by atoms with E-state index in [1.807, 2.05) is 27.8 Å². The third kappa shape index (κ3) is 3.12. The van der Waals surface area contributed by atoms with Crippen LogP contribution in [-0.2, 0) is 6.42 Å². The Balaban J connectivity index is 1.56. The molecule has 0 unspecified atom stereocenters. The molecule has 26 heavy (non-hydrogen) atoms. The third-order valence-corrected chi connectivity index (χ3v) is 4.89. The van der Waals surface area contributed by atoms with Gasteiger partial charge >= 0.3 is 0 Å². The molecule has 1 amide bonds. The molecule has 1 aliphatic rings. The van der Waals surface area contributed by atoms with E-state index >= 15 is 0 Å². The highest BCUT2D eigenvalue weighted by atomic mass is 16.2. The van der Waals surface area contributed by atoms with Crippen LogP contribution in [0, 0.1) is 0 Å². The standard InChI is InChI=1S/C19H22N6O/c1-2-17-20-10-12-25(17)18-7-3-6-15(22-18)14-5-4-11-24(13-14)19(26)16-8-9-21-23-16/h3,6-10,12,14H,2,4-5,11,13H2,1H3,(H,21,23)/t14-/m1/s1. The molecule has 7 nitrogen and oxygen atoms in total. The number of aromatic amines is 1. The summed E-state index contributed by atoms with van der Waals surface area (Å²) >= 11 is 0. The lowest BCUT2D eigenvalue weighted by atomic mass is 9.94. The molecule has 0 saturated carbocycles. The minimum absolute atomic E-state index is 0.00577. The monoisotopic (exact) mass is 350 g/mol. The summed E-state index contributed by atoms with van der Waals surface area (Å²) in [6.07, 6.45) is 8.22. The Kier molecular flexibility index (Phi) is 4.51. The number of amides is 1. The van der Waals surface area contributed by atoms with E-state index in [-0.39, 0.29) is 11.8 Å². The molecule has 1 aliphatic heterocycles. The lowest BCUT2D eigenvalue weighted by Crippen LogP contribution is -2.39. The molecule has 0 aromatic carbocycles. The van der Waals surface area contributed by atoms with Gasteiger partial charge in [0, 0.05) is 49.7 Å². The predicted molar refractivity (Wildman–Crippen MR) is 97.2 cm³/mol. The zero-order valence-electron chi connectivity index (χ0n) is 14.8. The molecule has 3 aromatic rings. The van der Waals surface area contributed by atoms with Gasteiger partial charge < -0.3 is 4.90 Å². The second kappa shape index (κ2) is 7.11. The molecular weight excluding hydrogens is 328 g/mol. The van der Waals surface area contributed by atoms with Crippen molar-refractivity contribution in [3.8, 4) is 5.82 Å². The highest BCUT2D eigenvalue weighted by Gasteiger charge is 2.27. The van der Waals surface area contributed by atoms with Crippen molar-refractivity contribution in [2.24, 2.45) is 0 Å². The van der Waals surface area contributed by atoms with Gasteiger partial charge in [0.1, 0.15) is 17.3 Å². The van der Waals surface area contributed by atoms with Crippen LogP contribution in [0.2, 0.25) is 0 Å². The number of hydrogen-bond donors (Lipinski definition) is 1. The second-order valence-corrected chi connectivity index (χ2v) is 6.55. The van der Waals surface area contributed by atoms with Crippen molar-refractivity contribution < 1.29 is 4.79 Å². The molecule has 3 aromatic heterocycles. The lowest BCUT2D eigenvalue weighted by Gasteiger charge is -2.32. The third-order valence-electron chi connectivity index (χ3n) is 4.89. The van der Waals surface area contributed by atoms with Crippen LogP contribution in [0.25, 0.3) is 5.82 Å². The molecule has 4 heterocycles. The molecule has 1 fully saturated rings. The van der Waals surface area contributed by atoms with Gasteiger partial charge in [0.25, 0.3) is 5.91 Å². The smallest absolute Gasteiger partial charge is 0.271 e. The first kappa shape index (κ1) is 16.5. The van der Waals surface area contributed by atoms with E-state index < -0.39 is 0 Å². The zero-order chi connectivity index (χ0) is 17.9. The van der Waals surface area contributed by atoms with E-state index in [0.717, 1.165) is 43.1 Å². The van der Waals surface area contributed by atoms with Crippen molar-refractivity contribution in [1.82, 2.24) is 29.6 Å². The Bertz CT molecular complexity index is 885. The average Bonchev–Trinajstić information content (AvgIpc) is 3.39. The Morgan fingerprint density at radius 3 is 3.04 bits per heavy atom. The van der Waals surface area contributed by atoms with E-state index in [4.69, 9.17) is 4.98 Å². The fraction of sp³-hybridized carbons (Fsp3) is 0.368. The maximum Gasteiger partial charge on any atom is 0.271 e. The van der Waals surface area contributed by atoms with Crippen molar-refractivity contribution >= 4 is 5.91 Å². The number of carbonyl (C=O) groups excluding carboxylic acids is 1. The van der Waals surface area contributed by atoms with Gasteiger partial charge in [-0.3, -0.25) is 14.5 Å².